The molecule has 0 saturated heterocycles. The van der Waals surface area contributed by atoms with Gasteiger partial charge >= 0.3 is 11.1 Å². The maximum atomic E-state index is 12.7. The van der Waals surface area contributed by atoms with Crippen LogP contribution in [0, 0.1) is 5.92 Å². The molecule has 0 aliphatic rings. The molecular weight excluding hydrogens is 306 g/mol. The molecule has 0 amide bonds. The third-order valence-corrected chi connectivity index (χ3v) is 3.73. The van der Waals surface area contributed by atoms with E-state index in [1.54, 1.807) is 24.3 Å². The zero-order valence-electron chi connectivity index (χ0n) is 13.9. The van der Waals surface area contributed by atoms with Crippen molar-refractivity contribution in [3.8, 4) is 11.6 Å². The molecule has 0 N–H and O–H groups in total. The highest BCUT2D eigenvalue weighted by molar-refractivity contribution is 5.73. The van der Waals surface area contributed by atoms with Gasteiger partial charge in [0.25, 0.3) is 0 Å². The molecule has 3 aromatic rings. The molecule has 0 atom stereocenters. The van der Waals surface area contributed by atoms with E-state index in [1.807, 2.05) is 32.0 Å². The predicted molar refractivity (Wildman–Crippen MR) is 93.0 cm³/mol. The number of ether oxygens (including phenoxy) is 1. The summed E-state index contributed by atoms with van der Waals surface area (Å²) in [6.45, 7) is 4.45. The highest BCUT2D eigenvalue weighted by Gasteiger charge is 2.16. The molecule has 3 rings (SSSR count). The summed E-state index contributed by atoms with van der Waals surface area (Å²) in [5, 5.41) is 0. The van der Waals surface area contributed by atoms with Gasteiger partial charge in [-0.1, -0.05) is 32.0 Å². The second kappa shape index (κ2) is 6.31. The van der Waals surface area contributed by atoms with Crippen molar-refractivity contribution in [1.29, 1.82) is 0 Å². The number of para-hydroxylation sites is 1. The van der Waals surface area contributed by atoms with E-state index < -0.39 is 11.1 Å². The Morgan fingerprint density at radius 2 is 1.75 bits per heavy atom. The fraction of sp³-hybridized carbons (Fsp3) is 0.278. The van der Waals surface area contributed by atoms with Crippen molar-refractivity contribution in [3.63, 3.8) is 0 Å². The molecule has 0 unspecified atom stereocenters. The van der Waals surface area contributed by atoms with E-state index in [4.69, 9.17) is 4.74 Å². The van der Waals surface area contributed by atoms with Crippen LogP contribution in [-0.4, -0.2) is 21.2 Å². The van der Waals surface area contributed by atoms with Crippen LogP contribution in [0.1, 0.15) is 13.8 Å². The highest BCUT2D eigenvalue weighted by Crippen LogP contribution is 2.18. The summed E-state index contributed by atoms with van der Waals surface area (Å²) < 4.78 is 8.03. The van der Waals surface area contributed by atoms with Crippen molar-refractivity contribution in [2.45, 2.75) is 20.4 Å². The lowest BCUT2D eigenvalue weighted by Gasteiger charge is -2.16. The van der Waals surface area contributed by atoms with Gasteiger partial charge in [0.1, 0.15) is 0 Å². The molecule has 0 aliphatic heterocycles. The number of hydrogen-bond acceptors (Lipinski definition) is 4. The van der Waals surface area contributed by atoms with Crippen LogP contribution in [0.25, 0.3) is 16.9 Å². The van der Waals surface area contributed by atoms with Crippen molar-refractivity contribution in [1.82, 2.24) is 14.1 Å². The van der Waals surface area contributed by atoms with Crippen LogP contribution < -0.4 is 15.9 Å². The van der Waals surface area contributed by atoms with Crippen molar-refractivity contribution in [3.05, 3.63) is 63.2 Å². The smallest absolute Gasteiger partial charge is 0.322 e. The summed E-state index contributed by atoms with van der Waals surface area (Å²) in [5.41, 5.74) is 0.452. The molecule has 6 nitrogen and oxygen atoms in total. The molecule has 1 aromatic carbocycles. The fourth-order valence-corrected chi connectivity index (χ4v) is 2.69. The predicted octanol–water partition coefficient (Wildman–Crippen LogP) is 2.21. The van der Waals surface area contributed by atoms with Gasteiger partial charge in [0, 0.05) is 12.6 Å². The Balaban J connectivity index is 2.46. The second-order valence-corrected chi connectivity index (χ2v) is 5.98. The second-order valence-electron chi connectivity index (χ2n) is 5.98. The Morgan fingerprint density at radius 1 is 1.04 bits per heavy atom. The van der Waals surface area contributed by atoms with Gasteiger partial charge in [-0.15, -0.1) is 0 Å². The van der Waals surface area contributed by atoms with Crippen LogP contribution in [0.4, 0.5) is 0 Å². The molecule has 24 heavy (non-hydrogen) atoms. The number of fused-ring (bicyclic) bond motifs is 1. The molecule has 0 radical (unpaired) electrons. The van der Waals surface area contributed by atoms with Gasteiger partial charge in [-0.05, 0) is 24.1 Å². The minimum Gasteiger partial charge on any atom is -0.481 e. The third kappa shape index (κ3) is 2.71. The van der Waals surface area contributed by atoms with Crippen LogP contribution in [0.15, 0.2) is 52.1 Å². The van der Waals surface area contributed by atoms with E-state index in [2.05, 4.69) is 4.98 Å². The zero-order valence-corrected chi connectivity index (χ0v) is 13.9. The van der Waals surface area contributed by atoms with Gasteiger partial charge < -0.3 is 9.30 Å². The van der Waals surface area contributed by atoms with E-state index in [0.717, 1.165) is 0 Å². The lowest BCUT2D eigenvalue weighted by Crippen LogP contribution is -2.41. The number of pyridine rings is 1. The molecule has 124 valence electrons. The summed E-state index contributed by atoms with van der Waals surface area (Å²) in [5.74, 6) is 0.612. The van der Waals surface area contributed by atoms with Crippen LogP contribution in [-0.2, 0) is 6.54 Å². The molecule has 6 heteroatoms. The largest absolute Gasteiger partial charge is 0.481 e. The molecule has 0 spiro atoms. The number of benzene rings is 1. The number of rotatable bonds is 4. The van der Waals surface area contributed by atoms with Crippen LogP contribution in [0.3, 0.4) is 0 Å². The Morgan fingerprint density at radius 3 is 2.38 bits per heavy atom. The molecule has 2 aromatic heterocycles. The average molecular weight is 325 g/mol. The maximum Gasteiger partial charge on any atom is 0.322 e. The van der Waals surface area contributed by atoms with Gasteiger partial charge in [-0.2, -0.15) is 4.98 Å². The first kappa shape index (κ1) is 16.0. The maximum absolute atomic E-state index is 12.7. The summed E-state index contributed by atoms with van der Waals surface area (Å²) in [6.07, 6.45) is 0. The minimum atomic E-state index is -0.616. The first-order valence-electron chi connectivity index (χ1n) is 7.79. The summed E-state index contributed by atoms with van der Waals surface area (Å²) >= 11 is 0. The molecule has 0 bridgehead atoms. The lowest BCUT2D eigenvalue weighted by atomic mass is 10.2. The molecule has 0 aliphatic carbocycles. The monoisotopic (exact) mass is 325 g/mol. The van der Waals surface area contributed by atoms with Crippen LogP contribution in [0.2, 0.25) is 0 Å². The number of nitrogens with zero attached hydrogens (tertiary/aromatic N) is 3. The van der Waals surface area contributed by atoms with Crippen LogP contribution in [0.5, 0.6) is 5.88 Å². The fourth-order valence-electron chi connectivity index (χ4n) is 2.69. The summed E-state index contributed by atoms with van der Waals surface area (Å²) in [4.78, 5) is 29.8. The van der Waals surface area contributed by atoms with E-state index in [-0.39, 0.29) is 5.92 Å². The molecular formula is C18H19N3O3. The van der Waals surface area contributed by atoms with Gasteiger partial charge in [-0.25, -0.2) is 0 Å². The van der Waals surface area contributed by atoms with Gasteiger partial charge in [0.05, 0.1) is 18.3 Å². The van der Waals surface area contributed by atoms with Gasteiger partial charge in [0.2, 0.25) is 5.88 Å². The van der Waals surface area contributed by atoms with E-state index in [9.17, 15) is 9.59 Å². The first-order valence-corrected chi connectivity index (χ1v) is 7.79. The highest BCUT2D eigenvalue weighted by atomic mass is 16.5. The standard InChI is InChI=1S/C18H19N3O3/c1-12(2)11-20-14-9-10-15(24-3)19-16(14)21(18(23)17(20)22)13-7-5-4-6-8-13/h4-10,12H,11H2,1-3H3. The Hall–Kier alpha value is -2.89. The Bertz CT molecular complexity index is 988. The number of aromatic nitrogens is 3. The number of methoxy groups -OCH3 is 1. The first-order chi connectivity index (χ1) is 11.5. The summed E-state index contributed by atoms with van der Waals surface area (Å²) in [6, 6.07) is 12.5. The quantitative estimate of drug-likeness (QED) is 0.690. The van der Waals surface area contributed by atoms with Gasteiger partial charge in [0.15, 0.2) is 5.65 Å². The van der Waals surface area contributed by atoms with Crippen molar-refractivity contribution in [2.24, 2.45) is 5.92 Å². The Kier molecular flexibility index (Phi) is 4.20. The zero-order chi connectivity index (χ0) is 17.3. The lowest BCUT2D eigenvalue weighted by molar-refractivity contribution is 0.398. The SMILES string of the molecule is COc1ccc2c(n1)n(-c1ccccc1)c(=O)c(=O)n2CC(C)C. The van der Waals surface area contributed by atoms with Gasteiger partial charge in [-0.3, -0.25) is 14.2 Å². The minimum absolute atomic E-state index is 0.222. The molecule has 0 fully saturated rings. The van der Waals surface area contributed by atoms with Crippen LogP contribution >= 0.6 is 0 Å². The molecule has 2 heterocycles. The molecule has 0 saturated carbocycles. The van der Waals surface area contributed by atoms with E-state index in [1.165, 1.54) is 16.2 Å². The normalized spacial score (nSPS) is 11.2. The number of hydrogen-bond donors (Lipinski definition) is 0. The van der Waals surface area contributed by atoms with Crippen molar-refractivity contribution in [2.75, 3.05) is 7.11 Å². The topological polar surface area (TPSA) is 66.1 Å². The van der Waals surface area contributed by atoms with E-state index >= 15 is 0 Å². The third-order valence-electron chi connectivity index (χ3n) is 3.73. The Labute approximate surface area is 139 Å². The summed E-state index contributed by atoms with van der Waals surface area (Å²) in [7, 11) is 1.52. The van der Waals surface area contributed by atoms with Crippen molar-refractivity contribution < 1.29 is 4.74 Å². The van der Waals surface area contributed by atoms with Crippen molar-refractivity contribution >= 4 is 11.2 Å². The van der Waals surface area contributed by atoms with E-state index in [0.29, 0.717) is 29.3 Å². The average Bonchev–Trinajstić information content (AvgIpc) is 2.59.